The van der Waals surface area contributed by atoms with Crippen molar-refractivity contribution in [3.8, 4) is 0 Å². The van der Waals surface area contributed by atoms with E-state index in [-0.39, 0.29) is 18.0 Å². The maximum atomic E-state index is 11.2. The van der Waals surface area contributed by atoms with Gasteiger partial charge in [0.05, 0.1) is 17.2 Å². The van der Waals surface area contributed by atoms with Gasteiger partial charge in [-0.25, -0.2) is 4.98 Å². The lowest BCUT2D eigenvalue weighted by molar-refractivity contribution is 1.17. The zero-order valence-electron chi connectivity index (χ0n) is 7.07. The standard InChI is InChI=1S/C9H8N2O.ClH/c1-6-2-3-7-8(4-6)10-5-11-9(7)12;/h2-5H,1H3,(H,10,11,12);1H. The van der Waals surface area contributed by atoms with Crippen LogP contribution in [0, 0.1) is 6.92 Å². The van der Waals surface area contributed by atoms with Crippen molar-refractivity contribution in [1.29, 1.82) is 0 Å². The molecule has 0 fully saturated rings. The van der Waals surface area contributed by atoms with Crippen molar-refractivity contribution in [2.24, 2.45) is 0 Å². The lowest BCUT2D eigenvalue weighted by Gasteiger charge is -1.95. The van der Waals surface area contributed by atoms with Gasteiger partial charge in [0.1, 0.15) is 0 Å². The number of benzene rings is 1. The van der Waals surface area contributed by atoms with Gasteiger partial charge in [-0.2, -0.15) is 0 Å². The number of hydrogen-bond donors (Lipinski definition) is 1. The van der Waals surface area contributed by atoms with Crippen molar-refractivity contribution in [1.82, 2.24) is 9.97 Å². The lowest BCUT2D eigenvalue weighted by atomic mass is 10.2. The normalized spacial score (nSPS) is 9.62. The largest absolute Gasteiger partial charge is 0.313 e. The maximum Gasteiger partial charge on any atom is 0.258 e. The molecular formula is C9H9ClN2O. The zero-order valence-corrected chi connectivity index (χ0v) is 7.89. The van der Waals surface area contributed by atoms with Gasteiger partial charge in [0, 0.05) is 0 Å². The second-order valence-corrected chi connectivity index (χ2v) is 2.75. The molecule has 0 saturated carbocycles. The minimum absolute atomic E-state index is 0. The van der Waals surface area contributed by atoms with Crippen LogP contribution in [-0.2, 0) is 0 Å². The molecule has 0 aliphatic rings. The van der Waals surface area contributed by atoms with E-state index in [1.54, 1.807) is 6.07 Å². The van der Waals surface area contributed by atoms with E-state index in [0.717, 1.165) is 11.1 Å². The fraction of sp³-hybridized carbons (Fsp3) is 0.111. The summed E-state index contributed by atoms with van der Waals surface area (Å²) in [7, 11) is 0. The SMILES string of the molecule is Cc1ccc2c(=O)[nH]cnc2c1.Cl. The topological polar surface area (TPSA) is 45.8 Å². The molecule has 0 aliphatic carbocycles. The molecule has 2 aromatic rings. The van der Waals surface area contributed by atoms with E-state index < -0.39 is 0 Å². The number of rotatable bonds is 0. The van der Waals surface area contributed by atoms with Crippen LogP contribution in [0.1, 0.15) is 5.56 Å². The van der Waals surface area contributed by atoms with Crippen molar-refractivity contribution in [2.75, 3.05) is 0 Å². The first-order chi connectivity index (χ1) is 5.77. The highest BCUT2D eigenvalue weighted by atomic mass is 35.5. The van der Waals surface area contributed by atoms with E-state index in [9.17, 15) is 4.79 Å². The molecule has 0 bridgehead atoms. The number of nitrogens with one attached hydrogen (secondary N) is 1. The molecule has 68 valence electrons. The van der Waals surface area contributed by atoms with Crippen LogP contribution in [0.3, 0.4) is 0 Å². The predicted molar refractivity (Wildman–Crippen MR) is 54.3 cm³/mol. The number of H-pyrrole nitrogens is 1. The number of hydrogen-bond acceptors (Lipinski definition) is 2. The summed E-state index contributed by atoms with van der Waals surface area (Å²) >= 11 is 0. The van der Waals surface area contributed by atoms with Crippen molar-refractivity contribution < 1.29 is 0 Å². The molecule has 0 saturated heterocycles. The Bertz CT molecular complexity index is 478. The monoisotopic (exact) mass is 196 g/mol. The maximum absolute atomic E-state index is 11.2. The Morgan fingerprint density at radius 3 is 2.92 bits per heavy atom. The third-order valence-electron chi connectivity index (χ3n) is 1.80. The summed E-state index contributed by atoms with van der Waals surface area (Å²) in [6.07, 6.45) is 1.42. The molecule has 1 N–H and O–H groups in total. The van der Waals surface area contributed by atoms with E-state index in [0.29, 0.717) is 5.39 Å². The second kappa shape index (κ2) is 3.58. The summed E-state index contributed by atoms with van der Waals surface area (Å²) in [4.78, 5) is 17.8. The van der Waals surface area contributed by atoms with Crippen molar-refractivity contribution in [3.05, 3.63) is 40.4 Å². The first-order valence-corrected chi connectivity index (χ1v) is 3.71. The van der Waals surface area contributed by atoms with Crippen LogP contribution >= 0.6 is 12.4 Å². The highest BCUT2D eigenvalue weighted by Gasteiger charge is 1.97. The summed E-state index contributed by atoms with van der Waals surface area (Å²) in [6.45, 7) is 1.97. The number of halogens is 1. The van der Waals surface area contributed by atoms with Gasteiger partial charge in [-0.05, 0) is 24.6 Å². The van der Waals surface area contributed by atoms with Gasteiger partial charge in [-0.1, -0.05) is 6.07 Å². The molecule has 0 radical (unpaired) electrons. The Balaban J connectivity index is 0.000000845. The van der Waals surface area contributed by atoms with Gasteiger partial charge in [0.25, 0.3) is 5.56 Å². The van der Waals surface area contributed by atoms with E-state index in [4.69, 9.17) is 0 Å². The van der Waals surface area contributed by atoms with E-state index in [1.165, 1.54) is 6.33 Å². The minimum Gasteiger partial charge on any atom is -0.313 e. The van der Waals surface area contributed by atoms with Gasteiger partial charge in [-0.3, -0.25) is 4.79 Å². The molecule has 3 nitrogen and oxygen atoms in total. The molecule has 4 heteroatoms. The van der Waals surface area contributed by atoms with Crippen molar-refractivity contribution >= 4 is 23.3 Å². The van der Waals surface area contributed by atoms with Crippen LogP contribution in [0.2, 0.25) is 0 Å². The highest BCUT2D eigenvalue weighted by molar-refractivity contribution is 5.85. The fourth-order valence-electron chi connectivity index (χ4n) is 1.18. The third-order valence-corrected chi connectivity index (χ3v) is 1.80. The smallest absolute Gasteiger partial charge is 0.258 e. The van der Waals surface area contributed by atoms with Crippen LogP contribution in [0.5, 0.6) is 0 Å². The Morgan fingerprint density at radius 1 is 1.38 bits per heavy atom. The third kappa shape index (κ3) is 1.70. The van der Waals surface area contributed by atoms with Crippen LogP contribution < -0.4 is 5.56 Å². The lowest BCUT2D eigenvalue weighted by Crippen LogP contribution is -2.05. The predicted octanol–water partition coefficient (Wildman–Crippen LogP) is 1.65. The summed E-state index contributed by atoms with van der Waals surface area (Å²) in [5.41, 5.74) is 1.78. The van der Waals surface area contributed by atoms with Crippen LogP contribution in [0.4, 0.5) is 0 Å². The van der Waals surface area contributed by atoms with Crippen LogP contribution in [0.15, 0.2) is 29.3 Å². The zero-order chi connectivity index (χ0) is 8.55. The highest BCUT2D eigenvalue weighted by Crippen LogP contribution is 2.07. The Labute approximate surface area is 81.2 Å². The van der Waals surface area contributed by atoms with Gasteiger partial charge < -0.3 is 4.98 Å². The van der Waals surface area contributed by atoms with Gasteiger partial charge in [-0.15, -0.1) is 12.4 Å². The number of aromatic nitrogens is 2. The number of nitrogens with zero attached hydrogens (tertiary/aromatic N) is 1. The van der Waals surface area contributed by atoms with Gasteiger partial charge in [0.2, 0.25) is 0 Å². The van der Waals surface area contributed by atoms with E-state index >= 15 is 0 Å². The first kappa shape index (κ1) is 9.74. The average molecular weight is 197 g/mol. The summed E-state index contributed by atoms with van der Waals surface area (Å²) in [5.74, 6) is 0. The van der Waals surface area contributed by atoms with Gasteiger partial charge in [0.15, 0.2) is 0 Å². The Morgan fingerprint density at radius 2 is 2.15 bits per heavy atom. The Hall–Kier alpha value is -1.35. The molecule has 0 atom stereocenters. The minimum atomic E-state index is -0.0833. The fourth-order valence-corrected chi connectivity index (χ4v) is 1.18. The van der Waals surface area contributed by atoms with Gasteiger partial charge >= 0.3 is 0 Å². The first-order valence-electron chi connectivity index (χ1n) is 3.71. The molecule has 0 unspecified atom stereocenters. The van der Waals surface area contributed by atoms with E-state index in [1.807, 2.05) is 19.1 Å². The molecule has 0 spiro atoms. The Kier molecular flexibility index (Phi) is 2.68. The molecular weight excluding hydrogens is 188 g/mol. The van der Waals surface area contributed by atoms with Crippen LogP contribution in [-0.4, -0.2) is 9.97 Å². The second-order valence-electron chi connectivity index (χ2n) is 2.75. The molecule has 2 rings (SSSR count). The molecule has 1 aromatic carbocycles. The van der Waals surface area contributed by atoms with E-state index in [2.05, 4.69) is 9.97 Å². The molecule has 1 aromatic heterocycles. The number of aryl methyl sites for hydroxylation is 1. The molecule has 13 heavy (non-hydrogen) atoms. The summed E-state index contributed by atoms with van der Waals surface area (Å²) in [5, 5.41) is 0.642. The quantitative estimate of drug-likeness (QED) is 0.697. The molecule has 1 heterocycles. The average Bonchev–Trinajstić information content (AvgIpc) is 2.04. The summed E-state index contributed by atoms with van der Waals surface area (Å²) < 4.78 is 0. The van der Waals surface area contributed by atoms with Crippen LogP contribution in [0.25, 0.3) is 10.9 Å². The molecule has 0 aliphatic heterocycles. The number of fused-ring (bicyclic) bond motifs is 1. The number of aromatic amines is 1. The van der Waals surface area contributed by atoms with Crippen molar-refractivity contribution in [3.63, 3.8) is 0 Å². The van der Waals surface area contributed by atoms with Crippen molar-refractivity contribution in [2.45, 2.75) is 6.92 Å². The molecule has 0 amide bonds. The summed E-state index contributed by atoms with van der Waals surface area (Å²) in [6, 6.07) is 5.58.